The fourth-order valence-corrected chi connectivity index (χ4v) is 6.73. The van der Waals surface area contributed by atoms with Crippen molar-refractivity contribution in [3.05, 3.63) is 89.5 Å². The molecule has 1 saturated heterocycles. The number of para-hydroxylation sites is 2. The van der Waals surface area contributed by atoms with Crippen LogP contribution in [0.25, 0.3) is 6.08 Å². The number of nitrogens with zero attached hydrogens (tertiary/aromatic N) is 1. The van der Waals surface area contributed by atoms with Crippen LogP contribution in [0.2, 0.25) is 0 Å². The number of methoxy groups -OCH3 is 2. The second kappa shape index (κ2) is 9.08. The minimum Gasteiger partial charge on any atom is -0.493 e. The van der Waals surface area contributed by atoms with Gasteiger partial charge >= 0.3 is 0 Å². The molecule has 7 heteroatoms. The van der Waals surface area contributed by atoms with E-state index in [0.29, 0.717) is 22.7 Å². The summed E-state index contributed by atoms with van der Waals surface area (Å²) in [6.45, 7) is 5.59. The number of hydrogen-bond donors (Lipinski definition) is 1. The molecule has 0 saturated carbocycles. The van der Waals surface area contributed by atoms with Crippen LogP contribution in [0.3, 0.4) is 0 Å². The van der Waals surface area contributed by atoms with Gasteiger partial charge in [0.05, 0.1) is 26.2 Å². The van der Waals surface area contributed by atoms with E-state index in [0.717, 1.165) is 16.8 Å². The number of ketones is 2. The smallest absolute Gasteiger partial charge is 0.238 e. The Kier molecular flexibility index (Phi) is 5.87. The standard InChI is InChI=1S/C33H32N2O5/c1-32(2,3)30(37)28-27(29(36)20-14-16-24(39-4)25(18-20)40-5)33(21-11-7-8-12-22(21)34-31(33)38)26-17-15-19-10-6-9-13-23(19)35(26)28/h6-18,26-28H,1-5H3,(H,34,38)/t26-,27-,28+,33-/m1/s1. The van der Waals surface area contributed by atoms with Gasteiger partial charge in [-0.05, 0) is 41.5 Å². The molecule has 4 atom stereocenters. The second-order valence-electron chi connectivity index (χ2n) is 11.6. The molecule has 1 N–H and O–H groups in total. The summed E-state index contributed by atoms with van der Waals surface area (Å²) in [6, 6.07) is 18.8. The van der Waals surface area contributed by atoms with E-state index in [2.05, 4.69) is 5.32 Å². The Hall–Kier alpha value is -4.39. The molecule has 3 aromatic rings. The zero-order valence-corrected chi connectivity index (χ0v) is 23.2. The number of nitrogens with one attached hydrogen (secondary N) is 1. The molecule has 7 nitrogen and oxygen atoms in total. The predicted molar refractivity (Wildman–Crippen MR) is 154 cm³/mol. The van der Waals surface area contributed by atoms with E-state index in [4.69, 9.17) is 9.47 Å². The van der Waals surface area contributed by atoms with Gasteiger partial charge in [0.1, 0.15) is 11.5 Å². The van der Waals surface area contributed by atoms with Gasteiger partial charge < -0.3 is 19.7 Å². The molecule has 0 bridgehead atoms. The van der Waals surface area contributed by atoms with E-state index in [-0.39, 0.29) is 17.5 Å². The van der Waals surface area contributed by atoms with Gasteiger partial charge in [-0.15, -0.1) is 0 Å². The molecule has 204 valence electrons. The largest absolute Gasteiger partial charge is 0.493 e. The van der Waals surface area contributed by atoms with Crippen molar-refractivity contribution in [3.8, 4) is 11.5 Å². The summed E-state index contributed by atoms with van der Waals surface area (Å²) >= 11 is 0. The van der Waals surface area contributed by atoms with Crippen molar-refractivity contribution >= 4 is 34.9 Å². The molecule has 3 heterocycles. The Bertz CT molecular complexity index is 1590. The quantitative estimate of drug-likeness (QED) is 0.446. The fraction of sp³-hybridized carbons (Fsp3) is 0.303. The number of anilines is 2. The Morgan fingerprint density at radius 3 is 2.35 bits per heavy atom. The van der Waals surface area contributed by atoms with E-state index in [9.17, 15) is 14.4 Å². The zero-order chi connectivity index (χ0) is 28.4. The third-order valence-corrected chi connectivity index (χ3v) is 8.50. The van der Waals surface area contributed by atoms with Gasteiger partial charge in [0.15, 0.2) is 23.1 Å². The normalized spacial score (nSPS) is 24.3. The molecule has 0 unspecified atom stereocenters. The van der Waals surface area contributed by atoms with Crippen LogP contribution in [-0.4, -0.2) is 43.8 Å². The van der Waals surface area contributed by atoms with Crippen LogP contribution in [0.4, 0.5) is 11.4 Å². The van der Waals surface area contributed by atoms with Crippen molar-refractivity contribution in [2.24, 2.45) is 11.3 Å². The number of amides is 1. The molecule has 3 aromatic carbocycles. The molecule has 6 rings (SSSR count). The Balaban J connectivity index is 1.66. The number of hydrogen-bond acceptors (Lipinski definition) is 6. The highest BCUT2D eigenvalue weighted by Gasteiger charge is 2.70. The lowest BCUT2D eigenvalue weighted by atomic mass is 9.63. The summed E-state index contributed by atoms with van der Waals surface area (Å²) in [7, 11) is 3.04. The lowest BCUT2D eigenvalue weighted by Crippen LogP contribution is -2.51. The highest BCUT2D eigenvalue weighted by Crippen LogP contribution is 2.58. The summed E-state index contributed by atoms with van der Waals surface area (Å²) in [6.07, 6.45) is 3.98. The summed E-state index contributed by atoms with van der Waals surface area (Å²) in [4.78, 5) is 45.7. The Morgan fingerprint density at radius 1 is 0.925 bits per heavy atom. The third kappa shape index (κ3) is 3.46. The Morgan fingerprint density at radius 2 is 1.62 bits per heavy atom. The zero-order valence-electron chi connectivity index (χ0n) is 23.2. The van der Waals surface area contributed by atoms with Gasteiger partial charge in [-0.2, -0.15) is 0 Å². The van der Waals surface area contributed by atoms with Crippen molar-refractivity contribution in [2.75, 3.05) is 24.4 Å². The minimum atomic E-state index is -1.34. The predicted octanol–water partition coefficient (Wildman–Crippen LogP) is 5.29. The summed E-state index contributed by atoms with van der Waals surface area (Å²) in [5.74, 6) is -0.803. The number of ether oxygens (including phenoxy) is 2. The van der Waals surface area contributed by atoms with Gasteiger partial charge in [0.2, 0.25) is 5.91 Å². The number of Topliss-reactive ketones (excluding diaryl/α,β-unsaturated/α-hetero) is 2. The molecule has 3 aliphatic heterocycles. The first-order valence-electron chi connectivity index (χ1n) is 13.4. The molecule has 1 spiro atoms. The molecule has 0 radical (unpaired) electrons. The van der Waals surface area contributed by atoms with Gasteiger partial charge in [0, 0.05) is 22.4 Å². The van der Waals surface area contributed by atoms with E-state index in [1.807, 2.05) is 86.4 Å². The molecule has 40 heavy (non-hydrogen) atoms. The average molecular weight is 537 g/mol. The van der Waals surface area contributed by atoms with Crippen LogP contribution >= 0.6 is 0 Å². The fourth-order valence-electron chi connectivity index (χ4n) is 6.73. The average Bonchev–Trinajstić information content (AvgIpc) is 3.43. The maximum atomic E-state index is 14.8. The molecule has 1 amide bonds. The van der Waals surface area contributed by atoms with Gasteiger partial charge in [0.25, 0.3) is 0 Å². The topological polar surface area (TPSA) is 84.9 Å². The van der Waals surface area contributed by atoms with Gasteiger partial charge in [-0.3, -0.25) is 14.4 Å². The van der Waals surface area contributed by atoms with Crippen molar-refractivity contribution < 1.29 is 23.9 Å². The van der Waals surface area contributed by atoms with Crippen LogP contribution < -0.4 is 19.7 Å². The van der Waals surface area contributed by atoms with Crippen LogP contribution in [0.1, 0.15) is 42.3 Å². The van der Waals surface area contributed by atoms with Gasteiger partial charge in [-0.25, -0.2) is 0 Å². The third-order valence-electron chi connectivity index (χ3n) is 8.50. The first-order valence-corrected chi connectivity index (χ1v) is 13.4. The van der Waals surface area contributed by atoms with Crippen molar-refractivity contribution in [1.29, 1.82) is 0 Å². The van der Waals surface area contributed by atoms with E-state index >= 15 is 0 Å². The minimum absolute atomic E-state index is 0.101. The van der Waals surface area contributed by atoms with Crippen LogP contribution in [0.15, 0.2) is 72.8 Å². The summed E-state index contributed by atoms with van der Waals surface area (Å²) in [5.41, 5.74) is 1.39. The van der Waals surface area contributed by atoms with Crippen molar-refractivity contribution in [3.63, 3.8) is 0 Å². The SMILES string of the molecule is COc1ccc(C(=O)[C@H]2[C@@H](C(=O)C(C)(C)C)N3c4ccccc4C=C[C@@H]3[C@@]23C(=O)Nc2ccccc23)cc1OC. The van der Waals surface area contributed by atoms with E-state index in [1.54, 1.807) is 18.2 Å². The number of benzene rings is 3. The lowest BCUT2D eigenvalue weighted by Gasteiger charge is -2.38. The summed E-state index contributed by atoms with van der Waals surface area (Å²) < 4.78 is 10.9. The van der Waals surface area contributed by atoms with Crippen LogP contribution in [0.5, 0.6) is 11.5 Å². The molecular weight excluding hydrogens is 504 g/mol. The lowest BCUT2D eigenvalue weighted by molar-refractivity contribution is -0.128. The molecule has 1 fully saturated rings. The number of rotatable bonds is 5. The molecule has 0 aromatic heterocycles. The number of fused-ring (bicyclic) bond motifs is 6. The van der Waals surface area contributed by atoms with E-state index in [1.165, 1.54) is 14.2 Å². The maximum absolute atomic E-state index is 14.8. The monoisotopic (exact) mass is 536 g/mol. The van der Waals surface area contributed by atoms with Crippen LogP contribution in [0, 0.1) is 11.3 Å². The van der Waals surface area contributed by atoms with Crippen molar-refractivity contribution in [2.45, 2.75) is 38.3 Å². The number of carbonyl (C=O) groups is 3. The molecule has 3 aliphatic rings. The molecular formula is C33H32N2O5. The highest BCUT2D eigenvalue weighted by molar-refractivity contribution is 6.17. The first-order chi connectivity index (χ1) is 19.1. The number of carbonyl (C=O) groups excluding carboxylic acids is 3. The summed E-state index contributed by atoms with van der Waals surface area (Å²) in [5, 5.41) is 3.05. The second-order valence-corrected chi connectivity index (χ2v) is 11.6. The van der Waals surface area contributed by atoms with Crippen LogP contribution in [-0.2, 0) is 15.0 Å². The van der Waals surface area contributed by atoms with E-state index < -0.39 is 28.8 Å². The van der Waals surface area contributed by atoms with Gasteiger partial charge in [-0.1, -0.05) is 69.3 Å². The van der Waals surface area contributed by atoms with Crippen molar-refractivity contribution in [1.82, 2.24) is 0 Å². The molecule has 0 aliphatic carbocycles. The highest BCUT2D eigenvalue weighted by atomic mass is 16.5. The Labute approximate surface area is 233 Å². The first kappa shape index (κ1) is 25.9. The maximum Gasteiger partial charge on any atom is 0.238 e.